The Morgan fingerprint density at radius 1 is 1.12 bits per heavy atom. The van der Waals surface area contributed by atoms with E-state index >= 15 is 0 Å². The van der Waals surface area contributed by atoms with Crippen LogP contribution in [0.5, 0.6) is 0 Å². The van der Waals surface area contributed by atoms with Gasteiger partial charge in [0.05, 0.1) is 0 Å². The first-order valence-corrected chi connectivity index (χ1v) is 8.65. The smallest absolute Gasteiger partial charge is 0.225 e. The van der Waals surface area contributed by atoms with E-state index in [0.29, 0.717) is 19.0 Å². The van der Waals surface area contributed by atoms with Crippen molar-refractivity contribution in [2.24, 2.45) is 16.3 Å². The van der Waals surface area contributed by atoms with E-state index in [4.69, 9.17) is 4.74 Å². The molecule has 0 aliphatic carbocycles. The molecule has 0 aromatic rings. The number of hydrogen-bond donors (Lipinski definition) is 3. The first-order valence-electron chi connectivity index (χ1n) is 8.65. The van der Waals surface area contributed by atoms with Gasteiger partial charge in [-0.25, -0.2) is 0 Å². The second-order valence-corrected chi connectivity index (χ2v) is 7.02. The van der Waals surface area contributed by atoms with Crippen LogP contribution in [0.15, 0.2) is 4.99 Å². The molecule has 0 aliphatic heterocycles. The number of carbonyl (C=O) groups excluding carboxylic acids is 1. The van der Waals surface area contributed by atoms with Crippen LogP contribution in [-0.2, 0) is 9.53 Å². The molecular weight excluding hydrogens is 419 g/mol. The fourth-order valence-corrected chi connectivity index (χ4v) is 1.64. The third-order valence-electron chi connectivity index (χ3n) is 2.90. The summed E-state index contributed by atoms with van der Waals surface area (Å²) in [6, 6.07) is 0. The van der Waals surface area contributed by atoms with E-state index in [9.17, 15) is 4.79 Å². The van der Waals surface area contributed by atoms with E-state index < -0.39 is 0 Å². The van der Waals surface area contributed by atoms with Crippen molar-refractivity contribution in [3.8, 4) is 0 Å². The fraction of sp³-hybridized carbons (Fsp3) is 0.882. The zero-order valence-corrected chi connectivity index (χ0v) is 18.5. The standard InChI is InChI=1S/C17H36N4O2.HI/c1-7-18-16(20-9-8-12-23-13-14(2)3)21-11-10-19-15(22)17(4,5)6;/h14H,7-13H2,1-6H3,(H,19,22)(H2,18,20,21);1H. The Hall–Kier alpha value is -0.570. The number of aliphatic imine (C=N–C) groups is 1. The van der Waals surface area contributed by atoms with Crippen molar-refractivity contribution in [1.82, 2.24) is 16.0 Å². The Morgan fingerprint density at radius 2 is 1.75 bits per heavy atom. The lowest BCUT2D eigenvalue weighted by Crippen LogP contribution is -2.43. The minimum atomic E-state index is -0.353. The van der Waals surface area contributed by atoms with Gasteiger partial charge in [0.25, 0.3) is 0 Å². The predicted octanol–water partition coefficient (Wildman–Crippen LogP) is 2.38. The number of rotatable bonds is 10. The summed E-state index contributed by atoms with van der Waals surface area (Å²) in [5.74, 6) is 1.41. The molecule has 0 saturated carbocycles. The number of hydrogen-bond acceptors (Lipinski definition) is 3. The van der Waals surface area contributed by atoms with E-state index in [2.05, 4.69) is 34.8 Å². The van der Waals surface area contributed by atoms with Crippen molar-refractivity contribution < 1.29 is 9.53 Å². The third-order valence-corrected chi connectivity index (χ3v) is 2.90. The largest absolute Gasteiger partial charge is 0.381 e. The van der Waals surface area contributed by atoms with E-state index in [1.807, 2.05) is 27.7 Å². The molecule has 0 fully saturated rings. The Balaban J connectivity index is 0. The summed E-state index contributed by atoms with van der Waals surface area (Å²) in [7, 11) is 0. The second kappa shape index (κ2) is 14.7. The van der Waals surface area contributed by atoms with Crippen LogP contribution in [0.2, 0.25) is 0 Å². The Bertz CT molecular complexity index is 355. The monoisotopic (exact) mass is 456 g/mol. The molecule has 0 aromatic carbocycles. The molecule has 0 aromatic heterocycles. The lowest BCUT2D eigenvalue weighted by atomic mass is 9.96. The van der Waals surface area contributed by atoms with Crippen molar-refractivity contribution in [3.05, 3.63) is 0 Å². The van der Waals surface area contributed by atoms with Gasteiger partial charge in [-0.15, -0.1) is 24.0 Å². The second-order valence-electron chi connectivity index (χ2n) is 7.02. The van der Waals surface area contributed by atoms with Gasteiger partial charge in [0, 0.05) is 44.8 Å². The van der Waals surface area contributed by atoms with Crippen LogP contribution in [0.4, 0.5) is 0 Å². The van der Waals surface area contributed by atoms with Gasteiger partial charge >= 0.3 is 0 Å². The lowest BCUT2D eigenvalue weighted by molar-refractivity contribution is -0.128. The molecule has 0 unspecified atom stereocenters. The molecule has 0 aliphatic rings. The number of guanidine groups is 1. The van der Waals surface area contributed by atoms with Gasteiger partial charge in [-0.3, -0.25) is 9.79 Å². The maximum absolute atomic E-state index is 11.8. The van der Waals surface area contributed by atoms with Crippen molar-refractivity contribution in [2.75, 3.05) is 39.4 Å². The van der Waals surface area contributed by atoms with Gasteiger partial charge in [-0.2, -0.15) is 0 Å². The van der Waals surface area contributed by atoms with Gasteiger partial charge in [0.1, 0.15) is 0 Å². The Morgan fingerprint density at radius 3 is 2.29 bits per heavy atom. The van der Waals surface area contributed by atoms with Gasteiger partial charge in [-0.05, 0) is 19.3 Å². The van der Waals surface area contributed by atoms with Crippen LogP contribution in [0, 0.1) is 11.3 Å². The van der Waals surface area contributed by atoms with E-state index in [1.54, 1.807) is 0 Å². The van der Waals surface area contributed by atoms with E-state index in [-0.39, 0.29) is 35.3 Å². The van der Waals surface area contributed by atoms with Crippen LogP contribution in [-0.4, -0.2) is 51.3 Å². The van der Waals surface area contributed by atoms with Crippen molar-refractivity contribution in [1.29, 1.82) is 0 Å². The van der Waals surface area contributed by atoms with Gasteiger partial charge in [-0.1, -0.05) is 34.6 Å². The molecule has 0 radical (unpaired) electrons. The predicted molar refractivity (Wildman–Crippen MR) is 112 cm³/mol. The molecule has 0 bridgehead atoms. The zero-order chi connectivity index (χ0) is 17.7. The average Bonchev–Trinajstić information content (AvgIpc) is 2.45. The number of nitrogens with one attached hydrogen (secondary N) is 3. The number of carbonyl (C=O) groups is 1. The molecule has 7 heteroatoms. The van der Waals surface area contributed by atoms with Crippen LogP contribution in [0.25, 0.3) is 0 Å². The Kier molecular flexibility index (Phi) is 15.8. The molecule has 1 amide bonds. The molecule has 144 valence electrons. The molecule has 24 heavy (non-hydrogen) atoms. The summed E-state index contributed by atoms with van der Waals surface area (Å²) in [5, 5.41) is 9.33. The molecule has 0 heterocycles. The summed E-state index contributed by atoms with van der Waals surface area (Å²) in [6.45, 7) is 16.3. The number of nitrogens with zero attached hydrogens (tertiary/aromatic N) is 1. The quantitative estimate of drug-likeness (QED) is 0.204. The highest BCUT2D eigenvalue weighted by Gasteiger charge is 2.20. The number of amides is 1. The van der Waals surface area contributed by atoms with Gasteiger partial charge < -0.3 is 20.7 Å². The fourth-order valence-electron chi connectivity index (χ4n) is 1.64. The zero-order valence-electron chi connectivity index (χ0n) is 16.2. The average molecular weight is 456 g/mol. The van der Waals surface area contributed by atoms with Crippen LogP contribution < -0.4 is 16.0 Å². The van der Waals surface area contributed by atoms with Crippen LogP contribution in [0.3, 0.4) is 0 Å². The van der Waals surface area contributed by atoms with E-state index in [1.165, 1.54) is 0 Å². The van der Waals surface area contributed by atoms with Crippen molar-refractivity contribution in [2.45, 2.75) is 48.0 Å². The van der Waals surface area contributed by atoms with Gasteiger partial charge in [0.2, 0.25) is 5.91 Å². The minimum absolute atomic E-state index is 0. The van der Waals surface area contributed by atoms with Crippen LogP contribution >= 0.6 is 24.0 Å². The normalized spacial score (nSPS) is 11.9. The Labute approximate surface area is 165 Å². The third kappa shape index (κ3) is 15.0. The van der Waals surface area contributed by atoms with Crippen molar-refractivity contribution in [3.63, 3.8) is 0 Å². The molecule has 0 rings (SSSR count). The number of ether oxygens (including phenoxy) is 1. The van der Waals surface area contributed by atoms with Crippen molar-refractivity contribution >= 4 is 35.8 Å². The number of halogens is 1. The highest BCUT2D eigenvalue weighted by Crippen LogP contribution is 2.11. The SMILES string of the molecule is CCNC(=NCCCOCC(C)C)NCCNC(=O)C(C)(C)C.I. The lowest BCUT2D eigenvalue weighted by Gasteiger charge is -2.18. The highest BCUT2D eigenvalue weighted by atomic mass is 127. The first kappa shape index (κ1) is 25.7. The minimum Gasteiger partial charge on any atom is -0.381 e. The topological polar surface area (TPSA) is 74.8 Å². The summed E-state index contributed by atoms with van der Waals surface area (Å²) >= 11 is 0. The highest BCUT2D eigenvalue weighted by molar-refractivity contribution is 14.0. The summed E-state index contributed by atoms with van der Waals surface area (Å²) in [4.78, 5) is 16.3. The molecule has 0 spiro atoms. The summed E-state index contributed by atoms with van der Waals surface area (Å²) in [5.41, 5.74) is -0.353. The summed E-state index contributed by atoms with van der Waals surface area (Å²) in [6.07, 6.45) is 0.907. The molecule has 6 nitrogen and oxygen atoms in total. The molecular formula is C17H37IN4O2. The molecule has 0 atom stereocenters. The maximum Gasteiger partial charge on any atom is 0.225 e. The van der Waals surface area contributed by atoms with Crippen LogP contribution in [0.1, 0.15) is 48.0 Å². The first-order chi connectivity index (χ1) is 10.8. The molecule has 0 saturated heterocycles. The maximum atomic E-state index is 11.8. The van der Waals surface area contributed by atoms with Gasteiger partial charge in [0.15, 0.2) is 5.96 Å². The molecule has 3 N–H and O–H groups in total. The van der Waals surface area contributed by atoms with E-state index in [0.717, 1.165) is 38.7 Å². The summed E-state index contributed by atoms with van der Waals surface area (Å²) < 4.78 is 5.54.